The van der Waals surface area contributed by atoms with Crippen molar-refractivity contribution in [2.75, 3.05) is 11.9 Å². The maximum Gasteiger partial charge on any atom is 0.279 e. The van der Waals surface area contributed by atoms with Crippen LogP contribution in [0.25, 0.3) is 0 Å². The van der Waals surface area contributed by atoms with Gasteiger partial charge in [0.1, 0.15) is 18.1 Å². The highest BCUT2D eigenvalue weighted by atomic mass is 32.1. The minimum absolute atomic E-state index is 0.262. The van der Waals surface area contributed by atoms with Crippen molar-refractivity contribution in [3.63, 3.8) is 0 Å². The molecule has 1 N–H and O–H groups in total. The van der Waals surface area contributed by atoms with E-state index in [0.717, 1.165) is 43.1 Å². The monoisotopic (exact) mass is 460 g/mol. The molecule has 5 rings (SSSR count). The Morgan fingerprint density at radius 3 is 2.73 bits per heavy atom. The van der Waals surface area contributed by atoms with Gasteiger partial charge >= 0.3 is 0 Å². The van der Waals surface area contributed by atoms with Gasteiger partial charge in [0.2, 0.25) is 0 Å². The lowest BCUT2D eigenvalue weighted by Gasteiger charge is -2.25. The van der Waals surface area contributed by atoms with Gasteiger partial charge in [0, 0.05) is 37.0 Å². The second-order valence-corrected chi connectivity index (χ2v) is 9.13. The van der Waals surface area contributed by atoms with Crippen molar-refractivity contribution in [1.82, 2.24) is 15.0 Å². The summed E-state index contributed by atoms with van der Waals surface area (Å²) in [6.45, 7) is 4.93. The molecule has 33 heavy (non-hydrogen) atoms. The molecule has 0 fully saturated rings. The Labute approximate surface area is 196 Å². The molecular weight excluding hydrogens is 436 g/mol. The van der Waals surface area contributed by atoms with Gasteiger partial charge in [-0.25, -0.2) is 4.98 Å². The van der Waals surface area contributed by atoms with E-state index in [-0.39, 0.29) is 11.6 Å². The Hall–Kier alpha value is -3.49. The third-order valence-corrected chi connectivity index (χ3v) is 6.47. The molecule has 168 valence electrons. The van der Waals surface area contributed by atoms with Gasteiger partial charge in [0.15, 0.2) is 10.8 Å². The van der Waals surface area contributed by atoms with E-state index in [9.17, 15) is 4.79 Å². The van der Waals surface area contributed by atoms with Gasteiger partial charge in [-0.05, 0) is 30.2 Å². The first kappa shape index (κ1) is 21.4. The van der Waals surface area contributed by atoms with Crippen LogP contribution < -0.4 is 10.1 Å². The summed E-state index contributed by atoms with van der Waals surface area (Å²) in [6.07, 6.45) is 0.864. The summed E-state index contributed by atoms with van der Waals surface area (Å²) in [6, 6.07) is 20.1. The van der Waals surface area contributed by atoms with E-state index in [0.29, 0.717) is 17.5 Å². The molecule has 4 aromatic rings. The van der Waals surface area contributed by atoms with Crippen molar-refractivity contribution in [1.29, 1.82) is 0 Å². The molecule has 0 saturated carbocycles. The number of carbonyl (C=O) groups is 1. The minimum atomic E-state index is -0.302. The van der Waals surface area contributed by atoms with Gasteiger partial charge in [0.05, 0.1) is 5.69 Å². The second-order valence-electron chi connectivity index (χ2n) is 8.04. The number of nitrogens with one attached hydrogen (secondary N) is 1. The molecule has 1 amide bonds. The Bertz CT molecular complexity index is 1230. The smallest absolute Gasteiger partial charge is 0.279 e. The normalized spacial score (nSPS) is 13.5. The third-order valence-electron chi connectivity index (χ3n) is 5.47. The first-order valence-corrected chi connectivity index (χ1v) is 11.7. The molecule has 0 saturated heterocycles. The summed E-state index contributed by atoms with van der Waals surface area (Å²) in [7, 11) is 0. The Morgan fingerprint density at radius 1 is 1.15 bits per heavy atom. The summed E-state index contributed by atoms with van der Waals surface area (Å²) in [5.74, 6) is 1.17. The fraction of sp³-hybridized carbons (Fsp3) is 0.240. The molecule has 2 aromatic carbocycles. The molecule has 0 spiro atoms. The minimum Gasteiger partial charge on any atom is -0.489 e. The molecule has 0 aliphatic carbocycles. The third kappa shape index (κ3) is 5.30. The van der Waals surface area contributed by atoms with E-state index in [1.54, 1.807) is 13.0 Å². The number of aryl methyl sites for hydroxylation is 1. The van der Waals surface area contributed by atoms with Crippen molar-refractivity contribution >= 4 is 22.4 Å². The van der Waals surface area contributed by atoms with Crippen molar-refractivity contribution in [3.8, 4) is 5.75 Å². The Kier molecular flexibility index (Phi) is 6.19. The zero-order chi connectivity index (χ0) is 22.6. The average molecular weight is 461 g/mol. The number of rotatable bonds is 7. The predicted molar refractivity (Wildman–Crippen MR) is 126 cm³/mol. The number of benzene rings is 2. The number of carbonyl (C=O) groups excluding carboxylic acids is 1. The molecule has 3 heterocycles. The highest BCUT2D eigenvalue weighted by Crippen LogP contribution is 2.29. The number of anilines is 1. The van der Waals surface area contributed by atoms with Crippen LogP contribution in [0.4, 0.5) is 5.13 Å². The molecule has 0 unspecified atom stereocenters. The molecule has 8 heteroatoms. The highest BCUT2D eigenvalue weighted by Gasteiger charge is 2.22. The standard InChI is InChI=1S/C25H24N4O3S/c1-17-13-22(28-32-17)24(30)27-25-26-21-11-12-29(15-23(21)33-25)14-18-7-9-20(10-8-18)31-16-19-5-3-2-4-6-19/h2-10,13H,11-12,14-16H2,1H3,(H,26,27,30). The summed E-state index contributed by atoms with van der Waals surface area (Å²) in [5.41, 5.74) is 3.72. The van der Waals surface area contributed by atoms with Gasteiger partial charge in [-0.15, -0.1) is 11.3 Å². The zero-order valence-electron chi connectivity index (χ0n) is 18.3. The SMILES string of the molecule is Cc1cc(C(=O)Nc2nc3c(s2)CN(Cc2ccc(OCc4ccccc4)cc2)CC3)no1. The number of ether oxygens (including phenoxy) is 1. The fourth-order valence-corrected chi connectivity index (χ4v) is 4.81. The van der Waals surface area contributed by atoms with Crippen molar-refractivity contribution < 1.29 is 14.1 Å². The number of aromatic nitrogens is 2. The molecule has 1 aliphatic heterocycles. The van der Waals surface area contributed by atoms with Gasteiger partial charge in [-0.3, -0.25) is 15.0 Å². The molecule has 2 aromatic heterocycles. The maximum atomic E-state index is 12.3. The molecule has 0 atom stereocenters. The number of amides is 1. The van der Waals surface area contributed by atoms with Gasteiger partial charge in [-0.2, -0.15) is 0 Å². The second kappa shape index (κ2) is 9.56. The quantitative estimate of drug-likeness (QED) is 0.426. The van der Waals surface area contributed by atoms with E-state index in [4.69, 9.17) is 9.26 Å². The molecule has 7 nitrogen and oxygen atoms in total. The Morgan fingerprint density at radius 2 is 1.97 bits per heavy atom. The lowest BCUT2D eigenvalue weighted by Crippen LogP contribution is -2.29. The van der Waals surface area contributed by atoms with Crippen molar-refractivity contribution in [3.05, 3.63) is 93.8 Å². The van der Waals surface area contributed by atoms with Crippen LogP contribution in [-0.4, -0.2) is 27.5 Å². The molecule has 0 bridgehead atoms. The van der Waals surface area contributed by atoms with E-state index in [2.05, 4.69) is 44.6 Å². The van der Waals surface area contributed by atoms with Crippen LogP contribution in [0.5, 0.6) is 5.75 Å². The van der Waals surface area contributed by atoms with Crippen molar-refractivity contribution in [2.24, 2.45) is 0 Å². The fourth-order valence-electron chi connectivity index (χ4n) is 3.76. The number of nitrogens with zero attached hydrogens (tertiary/aromatic N) is 3. The number of fused-ring (bicyclic) bond motifs is 1. The van der Waals surface area contributed by atoms with Crippen LogP contribution in [0, 0.1) is 6.92 Å². The van der Waals surface area contributed by atoms with Gasteiger partial charge in [-0.1, -0.05) is 47.6 Å². The van der Waals surface area contributed by atoms with E-state index < -0.39 is 0 Å². The maximum absolute atomic E-state index is 12.3. The summed E-state index contributed by atoms with van der Waals surface area (Å²) in [4.78, 5) is 20.5. The van der Waals surface area contributed by atoms with Crippen LogP contribution in [0.3, 0.4) is 0 Å². The molecule has 1 aliphatic rings. The zero-order valence-corrected chi connectivity index (χ0v) is 19.1. The lowest BCUT2D eigenvalue weighted by molar-refractivity contribution is 0.101. The first-order chi connectivity index (χ1) is 16.1. The lowest BCUT2D eigenvalue weighted by atomic mass is 10.1. The largest absolute Gasteiger partial charge is 0.489 e. The van der Waals surface area contributed by atoms with E-state index in [1.807, 2.05) is 30.3 Å². The predicted octanol–water partition coefficient (Wildman–Crippen LogP) is 4.83. The summed E-state index contributed by atoms with van der Waals surface area (Å²) >= 11 is 1.52. The molecule has 0 radical (unpaired) electrons. The van der Waals surface area contributed by atoms with Gasteiger partial charge in [0.25, 0.3) is 5.91 Å². The van der Waals surface area contributed by atoms with Crippen LogP contribution in [0.15, 0.2) is 65.2 Å². The summed E-state index contributed by atoms with van der Waals surface area (Å²) < 4.78 is 10.9. The van der Waals surface area contributed by atoms with E-state index >= 15 is 0 Å². The van der Waals surface area contributed by atoms with Crippen LogP contribution in [0.2, 0.25) is 0 Å². The van der Waals surface area contributed by atoms with E-state index in [1.165, 1.54) is 21.8 Å². The van der Waals surface area contributed by atoms with Gasteiger partial charge < -0.3 is 9.26 Å². The van der Waals surface area contributed by atoms with Crippen molar-refractivity contribution in [2.45, 2.75) is 33.0 Å². The topological polar surface area (TPSA) is 80.5 Å². The summed E-state index contributed by atoms with van der Waals surface area (Å²) in [5, 5.41) is 7.20. The van der Waals surface area contributed by atoms with Crippen LogP contribution in [-0.2, 0) is 26.1 Å². The first-order valence-electron chi connectivity index (χ1n) is 10.8. The van der Waals surface area contributed by atoms with Crippen LogP contribution in [0.1, 0.15) is 37.9 Å². The highest BCUT2D eigenvalue weighted by molar-refractivity contribution is 7.15. The Balaban J connectivity index is 1.15. The number of hydrogen-bond acceptors (Lipinski definition) is 7. The number of thiazole rings is 1. The van der Waals surface area contributed by atoms with Crippen LogP contribution >= 0.6 is 11.3 Å². The number of hydrogen-bond donors (Lipinski definition) is 1. The molecular formula is C25H24N4O3S. The average Bonchev–Trinajstić information content (AvgIpc) is 3.44.